The molecular formula is C21H21FN2. The Hall–Kier alpha value is -2.39. The molecule has 2 N–H and O–H groups in total. The molecule has 24 heavy (non-hydrogen) atoms. The predicted octanol–water partition coefficient (Wildman–Crippen LogP) is 5.04. The molecule has 0 aliphatic carbocycles. The molecule has 0 unspecified atom stereocenters. The second-order valence-electron chi connectivity index (χ2n) is 6.65. The summed E-state index contributed by atoms with van der Waals surface area (Å²) in [7, 11) is 0. The van der Waals surface area contributed by atoms with Crippen LogP contribution in [0.15, 0.2) is 48.0 Å². The summed E-state index contributed by atoms with van der Waals surface area (Å²) in [5, 5.41) is 6.93. The number of halogens is 1. The van der Waals surface area contributed by atoms with Gasteiger partial charge in [-0.3, -0.25) is 0 Å². The third kappa shape index (κ3) is 2.76. The summed E-state index contributed by atoms with van der Waals surface area (Å²) in [6.45, 7) is 5.24. The predicted molar refractivity (Wildman–Crippen MR) is 98.9 cm³/mol. The zero-order valence-electron chi connectivity index (χ0n) is 14.0. The number of anilines is 2. The fourth-order valence-electron chi connectivity index (χ4n) is 3.50. The van der Waals surface area contributed by atoms with Gasteiger partial charge in [0.25, 0.3) is 0 Å². The van der Waals surface area contributed by atoms with E-state index in [1.807, 2.05) is 6.07 Å². The highest BCUT2D eigenvalue weighted by atomic mass is 19.1. The van der Waals surface area contributed by atoms with E-state index in [0.717, 1.165) is 29.9 Å². The molecule has 2 aliphatic rings. The number of hydrogen-bond donors (Lipinski definition) is 2. The summed E-state index contributed by atoms with van der Waals surface area (Å²) < 4.78 is 13.8. The first kappa shape index (κ1) is 15.2. The van der Waals surface area contributed by atoms with Gasteiger partial charge in [0.05, 0.1) is 0 Å². The first-order chi connectivity index (χ1) is 11.6. The van der Waals surface area contributed by atoms with E-state index < -0.39 is 0 Å². The van der Waals surface area contributed by atoms with Crippen LogP contribution in [0.3, 0.4) is 0 Å². The normalized spacial score (nSPS) is 19.4. The minimum absolute atomic E-state index is 0.207. The SMILES string of the molecule is Cc1ccc2c(c1)C(C1=C[C@H](C)NCC1)=Cc1cc(F)ccc1N2. The van der Waals surface area contributed by atoms with Crippen molar-refractivity contribution in [3.05, 3.63) is 70.6 Å². The van der Waals surface area contributed by atoms with Gasteiger partial charge in [-0.05, 0) is 74.4 Å². The highest BCUT2D eigenvalue weighted by Crippen LogP contribution is 2.40. The summed E-state index contributed by atoms with van der Waals surface area (Å²) in [4.78, 5) is 0. The molecular weight excluding hydrogens is 299 g/mol. The van der Waals surface area contributed by atoms with Crippen molar-refractivity contribution in [1.82, 2.24) is 5.32 Å². The Kier molecular flexibility index (Phi) is 3.73. The number of hydrogen-bond acceptors (Lipinski definition) is 2. The Morgan fingerprint density at radius 2 is 1.92 bits per heavy atom. The lowest BCUT2D eigenvalue weighted by molar-refractivity contribution is 0.604. The lowest BCUT2D eigenvalue weighted by atomic mass is 9.89. The summed E-state index contributed by atoms with van der Waals surface area (Å²) >= 11 is 0. The van der Waals surface area contributed by atoms with Gasteiger partial charge in [-0.25, -0.2) is 4.39 Å². The van der Waals surface area contributed by atoms with Crippen molar-refractivity contribution in [1.29, 1.82) is 0 Å². The van der Waals surface area contributed by atoms with E-state index >= 15 is 0 Å². The van der Waals surface area contributed by atoms with Gasteiger partial charge < -0.3 is 10.6 Å². The second kappa shape index (κ2) is 5.91. The van der Waals surface area contributed by atoms with Crippen LogP contribution in [0.2, 0.25) is 0 Å². The minimum atomic E-state index is -0.207. The molecule has 122 valence electrons. The molecule has 0 radical (unpaired) electrons. The fourth-order valence-corrected chi connectivity index (χ4v) is 3.50. The molecule has 1 atom stereocenters. The standard InChI is InChI=1S/C21H21FN2/c1-13-3-5-21-19(9-13)18(15-7-8-23-14(2)10-15)12-16-11-17(22)4-6-20(16)24-21/h3-6,9-12,14,23-24H,7-8H2,1-2H3/t14-/m0/s1. The lowest BCUT2D eigenvalue weighted by Gasteiger charge is -2.22. The van der Waals surface area contributed by atoms with Gasteiger partial charge in [0.1, 0.15) is 5.82 Å². The van der Waals surface area contributed by atoms with Crippen molar-refractivity contribution in [2.75, 3.05) is 11.9 Å². The average molecular weight is 320 g/mol. The maximum Gasteiger partial charge on any atom is 0.123 e. The molecule has 2 aromatic rings. The van der Waals surface area contributed by atoms with Gasteiger partial charge in [0, 0.05) is 28.5 Å². The quantitative estimate of drug-likeness (QED) is 0.769. The third-order valence-electron chi connectivity index (χ3n) is 4.71. The highest BCUT2D eigenvalue weighted by molar-refractivity contribution is 6.00. The van der Waals surface area contributed by atoms with Crippen LogP contribution in [0.1, 0.15) is 30.0 Å². The lowest BCUT2D eigenvalue weighted by Crippen LogP contribution is -2.29. The molecule has 0 amide bonds. The minimum Gasteiger partial charge on any atom is -0.355 e. The molecule has 2 nitrogen and oxygen atoms in total. The monoisotopic (exact) mass is 320 g/mol. The van der Waals surface area contributed by atoms with Crippen LogP contribution < -0.4 is 10.6 Å². The van der Waals surface area contributed by atoms with Crippen LogP contribution in [-0.2, 0) is 0 Å². The topological polar surface area (TPSA) is 24.1 Å². The first-order valence-corrected chi connectivity index (χ1v) is 8.44. The van der Waals surface area contributed by atoms with Crippen LogP contribution in [0.25, 0.3) is 11.6 Å². The largest absolute Gasteiger partial charge is 0.355 e. The molecule has 2 aromatic carbocycles. The van der Waals surface area contributed by atoms with Crippen molar-refractivity contribution in [2.45, 2.75) is 26.3 Å². The molecule has 3 heteroatoms. The van der Waals surface area contributed by atoms with Crippen molar-refractivity contribution in [3.8, 4) is 0 Å². The summed E-state index contributed by atoms with van der Waals surface area (Å²) in [6, 6.07) is 11.7. The first-order valence-electron chi connectivity index (χ1n) is 8.44. The fraction of sp³-hybridized carbons (Fsp3) is 0.238. The van der Waals surface area contributed by atoms with E-state index in [0.29, 0.717) is 6.04 Å². The number of aryl methyl sites for hydroxylation is 1. The molecule has 2 aliphatic heterocycles. The number of benzene rings is 2. The Morgan fingerprint density at radius 1 is 1.08 bits per heavy atom. The van der Waals surface area contributed by atoms with E-state index in [1.165, 1.54) is 28.3 Å². The average Bonchev–Trinajstić information content (AvgIpc) is 2.71. The molecule has 0 saturated carbocycles. The van der Waals surface area contributed by atoms with Crippen LogP contribution in [0.5, 0.6) is 0 Å². The molecule has 0 bridgehead atoms. The van der Waals surface area contributed by atoms with Gasteiger partial charge in [-0.15, -0.1) is 0 Å². The number of fused-ring (bicyclic) bond motifs is 2. The second-order valence-corrected chi connectivity index (χ2v) is 6.65. The molecule has 0 fully saturated rings. The van der Waals surface area contributed by atoms with Gasteiger partial charge in [-0.2, -0.15) is 0 Å². The summed E-state index contributed by atoms with van der Waals surface area (Å²) in [5.41, 5.74) is 7.84. The zero-order chi connectivity index (χ0) is 16.7. The molecule has 0 saturated heterocycles. The number of nitrogens with one attached hydrogen (secondary N) is 2. The van der Waals surface area contributed by atoms with Gasteiger partial charge in [0.15, 0.2) is 0 Å². The maximum atomic E-state index is 13.8. The van der Waals surface area contributed by atoms with E-state index in [2.05, 4.69) is 54.8 Å². The number of allylic oxidation sites excluding steroid dienone is 1. The maximum absolute atomic E-state index is 13.8. The van der Waals surface area contributed by atoms with Gasteiger partial charge >= 0.3 is 0 Å². The zero-order valence-corrected chi connectivity index (χ0v) is 14.0. The van der Waals surface area contributed by atoms with Crippen LogP contribution in [0, 0.1) is 12.7 Å². The Balaban J connectivity index is 1.95. The smallest absolute Gasteiger partial charge is 0.123 e. The van der Waals surface area contributed by atoms with Crippen LogP contribution in [0.4, 0.5) is 15.8 Å². The summed E-state index contributed by atoms with van der Waals surface area (Å²) in [6.07, 6.45) is 5.39. The van der Waals surface area contributed by atoms with Crippen molar-refractivity contribution >= 4 is 23.0 Å². The van der Waals surface area contributed by atoms with Crippen LogP contribution in [-0.4, -0.2) is 12.6 Å². The summed E-state index contributed by atoms with van der Waals surface area (Å²) in [5.74, 6) is -0.207. The van der Waals surface area contributed by atoms with E-state index in [1.54, 1.807) is 6.07 Å². The third-order valence-corrected chi connectivity index (χ3v) is 4.71. The Bertz CT molecular complexity index is 864. The molecule has 0 spiro atoms. The van der Waals surface area contributed by atoms with E-state index in [9.17, 15) is 4.39 Å². The number of rotatable bonds is 1. The van der Waals surface area contributed by atoms with Crippen molar-refractivity contribution < 1.29 is 4.39 Å². The van der Waals surface area contributed by atoms with Gasteiger partial charge in [-0.1, -0.05) is 17.7 Å². The highest BCUT2D eigenvalue weighted by Gasteiger charge is 2.20. The van der Waals surface area contributed by atoms with Crippen LogP contribution >= 0.6 is 0 Å². The molecule has 4 rings (SSSR count). The van der Waals surface area contributed by atoms with E-state index in [-0.39, 0.29) is 5.82 Å². The van der Waals surface area contributed by atoms with Gasteiger partial charge in [0.2, 0.25) is 0 Å². The molecule has 2 heterocycles. The van der Waals surface area contributed by atoms with E-state index in [4.69, 9.17) is 0 Å². The van der Waals surface area contributed by atoms with Crippen molar-refractivity contribution in [2.24, 2.45) is 0 Å². The Morgan fingerprint density at radius 3 is 2.75 bits per heavy atom. The molecule has 0 aromatic heterocycles. The van der Waals surface area contributed by atoms with Crippen molar-refractivity contribution in [3.63, 3.8) is 0 Å². The Labute approximate surface area is 142 Å².